The molecule has 0 fully saturated rings. The van der Waals surface area contributed by atoms with Crippen molar-refractivity contribution in [2.24, 2.45) is 5.92 Å². The van der Waals surface area contributed by atoms with Gasteiger partial charge in [-0.15, -0.1) is 0 Å². The average Bonchev–Trinajstić information content (AvgIpc) is 2.24. The lowest BCUT2D eigenvalue weighted by atomic mass is 10.0. The SMILES string of the molecule is CCN(CCO)C(=O)NC(C)C(C)C(=O)O. The van der Waals surface area contributed by atoms with Crippen LogP contribution in [0.25, 0.3) is 0 Å². The average molecular weight is 232 g/mol. The van der Waals surface area contributed by atoms with E-state index in [-0.39, 0.29) is 19.2 Å². The molecule has 0 saturated carbocycles. The molecule has 94 valence electrons. The van der Waals surface area contributed by atoms with Crippen LogP contribution in [0.3, 0.4) is 0 Å². The van der Waals surface area contributed by atoms with Crippen LogP contribution in [0, 0.1) is 5.92 Å². The highest BCUT2D eigenvalue weighted by Crippen LogP contribution is 2.03. The predicted molar refractivity (Wildman–Crippen MR) is 59.1 cm³/mol. The molecule has 6 heteroatoms. The number of nitrogens with zero attached hydrogens (tertiary/aromatic N) is 1. The summed E-state index contributed by atoms with van der Waals surface area (Å²) in [5.74, 6) is -1.59. The maximum Gasteiger partial charge on any atom is 0.317 e. The van der Waals surface area contributed by atoms with E-state index in [0.717, 1.165) is 0 Å². The summed E-state index contributed by atoms with van der Waals surface area (Å²) >= 11 is 0. The molecular formula is C10H20N2O4. The van der Waals surface area contributed by atoms with Gasteiger partial charge in [0, 0.05) is 19.1 Å². The van der Waals surface area contributed by atoms with Crippen molar-refractivity contribution < 1.29 is 19.8 Å². The largest absolute Gasteiger partial charge is 0.481 e. The van der Waals surface area contributed by atoms with Gasteiger partial charge in [-0.3, -0.25) is 4.79 Å². The number of carboxylic acid groups (broad SMARTS) is 1. The van der Waals surface area contributed by atoms with Crippen molar-refractivity contribution in [3.05, 3.63) is 0 Å². The lowest BCUT2D eigenvalue weighted by Gasteiger charge is -2.24. The Labute approximate surface area is 95.2 Å². The van der Waals surface area contributed by atoms with Crippen LogP contribution in [0.2, 0.25) is 0 Å². The van der Waals surface area contributed by atoms with Crippen LogP contribution in [-0.2, 0) is 4.79 Å². The molecule has 0 aromatic heterocycles. The first-order valence-corrected chi connectivity index (χ1v) is 5.33. The second-order valence-corrected chi connectivity index (χ2v) is 3.67. The van der Waals surface area contributed by atoms with Crippen molar-refractivity contribution in [1.82, 2.24) is 10.2 Å². The maximum absolute atomic E-state index is 11.6. The van der Waals surface area contributed by atoms with Gasteiger partial charge in [-0.25, -0.2) is 4.79 Å². The molecule has 0 radical (unpaired) electrons. The molecule has 3 N–H and O–H groups in total. The van der Waals surface area contributed by atoms with E-state index < -0.39 is 17.9 Å². The predicted octanol–water partition coefficient (Wildman–Crippen LogP) is 0.119. The maximum atomic E-state index is 11.6. The Balaban J connectivity index is 4.26. The molecule has 2 amide bonds. The summed E-state index contributed by atoms with van der Waals surface area (Å²) in [5, 5.41) is 20.1. The van der Waals surface area contributed by atoms with Crippen molar-refractivity contribution >= 4 is 12.0 Å². The van der Waals surface area contributed by atoms with E-state index in [1.165, 1.54) is 11.8 Å². The fourth-order valence-corrected chi connectivity index (χ4v) is 1.15. The molecule has 16 heavy (non-hydrogen) atoms. The van der Waals surface area contributed by atoms with Gasteiger partial charge in [-0.05, 0) is 20.8 Å². The zero-order valence-corrected chi connectivity index (χ0v) is 9.93. The number of nitrogens with one attached hydrogen (secondary N) is 1. The fourth-order valence-electron chi connectivity index (χ4n) is 1.15. The van der Waals surface area contributed by atoms with Crippen molar-refractivity contribution in [3.63, 3.8) is 0 Å². The zero-order chi connectivity index (χ0) is 12.7. The van der Waals surface area contributed by atoms with Crippen LogP contribution >= 0.6 is 0 Å². The molecule has 0 rings (SSSR count). The van der Waals surface area contributed by atoms with E-state index in [1.54, 1.807) is 13.8 Å². The number of carbonyl (C=O) groups is 2. The highest BCUT2D eigenvalue weighted by Gasteiger charge is 2.22. The minimum Gasteiger partial charge on any atom is -0.481 e. The molecule has 0 saturated heterocycles. The van der Waals surface area contributed by atoms with Crippen LogP contribution in [0.15, 0.2) is 0 Å². The number of amides is 2. The summed E-state index contributed by atoms with van der Waals surface area (Å²) in [6, 6.07) is -0.796. The van der Waals surface area contributed by atoms with E-state index in [9.17, 15) is 9.59 Å². The third-order valence-electron chi connectivity index (χ3n) is 2.53. The van der Waals surface area contributed by atoms with Gasteiger partial charge in [0.1, 0.15) is 0 Å². The zero-order valence-electron chi connectivity index (χ0n) is 9.93. The molecule has 0 aliphatic heterocycles. The first-order valence-electron chi connectivity index (χ1n) is 5.33. The van der Waals surface area contributed by atoms with Crippen molar-refractivity contribution in [3.8, 4) is 0 Å². The minimum absolute atomic E-state index is 0.107. The molecule has 0 spiro atoms. The van der Waals surface area contributed by atoms with Crippen molar-refractivity contribution in [2.45, 2.75) is 26.8 Å². The van der Waals surface area contributed by atoms with Gasteiger partial charge in [0.05, 0.1) is 12.5 Å². The Morgan fingerprint density at radius 2 is 1.94 bits per heavy atom. The quantitative estimate of drug-likeness (QED) is 0.606. The summed E-state index contributed by atoms with van der Waals surface area (Å²) < 4.78 is 0. The van der Waals surface area contributed by atoms with Crippen LogP contribution in [-0.4, -0.2) is 52.9 Å². The molecular weight excluding hydrogens is 212 g/mol. The highest BCUT2D eigenvalue weighted by molar-refractivity contribution is 5.76. The van der Waals surface area contributed by atoms with Crippen LogP contribution < -0.4 is 5.32 Å². The molecule has 2 atom stereocenters. The summed E-state index contributed by atoms with van der Waals surface area (Å²) in [4.78, 5) is 23.7. The fraction of sp³-hybridized carbons (Fsp3) is 0.800. The number of carboxylic acids is 1. The van der Waals surface area contributed by atoms with Crippen molar-refractivity contribution in [2.75, 3.05) is 19.7 Å². The van der Waals surface area contributed by atoms with E-state index in [2.05, 4.69) is 5.32 Å². The van der Waals surface area contributed by atoms with Crippen LogP contribution in [0.5, 0.6) is 0 Å². The van der Waals surface area contributed by atoms with Crippen LogP contribution in [0.4, 0.5) is 4.79 Å². The first kappa shape index (κ1) is 14.7. The monoisotopic (exact) mass is 232 g/mol. The summed E-state index contributed by atoms with van der Waals surface area (Å²) in [6.07, 6.45) is 0. The number of rotatable bonds is 6. The smallest absolute Gasteiger partial charge is 0.317 e. The number of hydrogen-bond acceptors (Lipinski definition) is 3. The van der Waals surface area contributed by atoms with Gasteiger partial charge in [0.2, 0.25) is 0 Å². The Bertz CT molecular complexity index is 245. The number of aliphatic carboxylic acids is 1. The van der Waals surface area contributed by atoms with Gasteiger partial charge < -0.3 is 20.4 Å². The minimum atomic E-state index is -0.946. The molecule has 0 aliphatic carbocycles. The van der Waals surface area contributed by atoms with Gasteiger partial charge in [0.15, 0.2) is 0 Å². The Morgan fingerprint density at radius 3 is 2.31 bits per heavy atom. The summed E-state index contributed by atoms with van der Waals surface area (Å²) in [5.41, 5.74) is 0. The van der Waals surface area contributed by atoms with Gasteiger partial charge in [-0.2, -0.15) is 0 Å². The van der Waals surface area contributed by atoms with E-state index in [1.807, 2.05) is 0 Å². The van der Waals surface area contributed by atoms with Crippen LogP contribution in [0.1, 0.15) is 20.8 Å². The second-order valence-electron chi connectivity index (χ2n) is 3.67. The highest BCUT2D eigenvalue weighted by atomic mass is 16.4. The molecule has 0 bridgehead atoms. The van der Waals surface area contributed by atoms with Gasteiger partial charge in [0.25, 0.3) is 0 Å². The first-order chi connectivity index (χ1) is 7.43. The number of hydrogen-bond donors (Lipinski definition) is 3. The molecule has 2 unspecified atom stereocenters. The number of likely N-dealkylation sites (N-methyl/N-ethyl adjacent to an activating group) is 1. The Morgan fingerprint density at radius 1 is 1.38 bits per heavy atom. The molecule has 0 aromatic carbocycles. The van der Waals surface area contributed by atoms with Crippen molar-refractivity contribution in [1.29, 1.82) is 0 Å². The molecule has 0 aromatic rings. The standard InChI is InChI=1S/C10H20N2O4/c1-4-12(5-6-13)10(16)11-8(3)7(2)9(14)15/h7-8,13H,4-6H2,1-3H3,(H,11,16)(H,14,15). The Hall–Kier alpha value is -1.30. The number of urea groups is 1. The number of aliphatic hydroxyl groups excluding tert-OH is 1. The third kappa shape index (κ3) is 4.48. The van der Waals surface area contributed by atoms with E-state index in [4.69, 9.17) is 10.2 Å². The topological polar surface area (TPSA) is 89.9 Å². The summed E-state index contributed by atoms with van der Waals surface area (Å²) in [7, 11) is 0. The third-order valence-corrected chi connectivity index (χ3v) is 2.53. The second kappa shape index (κ2) is 7.05. The van der Waals surface area contributed by atoms with Gasteiger partial charge >= 0.3 is 12.0 Å². The van der Waals surface area contributed by atoms with E-state index >= 15 is 0 Å². The molecule has 0 aliphatic rings. The normalized spacial score (nSPS) is 14.0. The number of carbonyl (C=O) groups excluding carboxylic acids is 1. The molecule has 6 nitrogen and oxygen atoms in total. The number of aliphatic hydroxyl groups is 1. The Kier molecular flexibility index (Phi) is 6.48. The van der Waals surface area contributed by atoms with E-state index in [0.29, 0.717) is 6.54 Å². The lowest BCUT2D eigenvalue weighted by molar-refractivity contribution is -0.141. The lowest BCUT2D eigenvalue weighted by Crippen LogP contribution is -2.48. The molecule has 0 heterocycles. The summed E-state index contributed by atoms with van der Waals surface area (Å²) in [6.45, 7) is 5.58. The van der Waals surface area contributed by atoms with Gasteiger partial charge in [-0.1, -0.05) is 0 Å².